The molecular formula is C12H24O. The van der Waals surface area contributed by atoms with Gasteiger partial charge in [0.05, 0.1) is 5.60 Å². The molecular weight excluding hydrogens is 160 g/mol. The summed E-state index contributed by atoms with van der Waals surface area (Å²) in [6, 6.07) is 0. The van der Waals surface area contributed by atoms with Crippen molar-refractivity contribution in [1.82, 2.24) is 0 Å². The molecule has 0 saturated carbocycles. The van der Waals surface area contributed by atoms with Gasteiger partial charge in [-0.25, -0.2) is 0 Å². The second-order valence-corrected chi connectivity index (χ2v) is 4.99. The third-order valence-electron chi connectivity index (χ3n) is 3.01. The van der Waals surface area contributed by atoms with Crippen LogP contribution in [0, 0.1) is 11.3 Å². The van der Waals surface area contributed by atoms with Gasteiger partial charge in [0.15, 0.2) is 0 Å². The van der Waals surface area contributed by atoms with Gasteiger partial charge in [0, 0.05) is 7.11 Å². The molecule has 0 radical (unpaired) electrons. The molecule has 0 spiro atoms. The van der Waals surface area contributed by atoms with Crippen LogP contribution in [-0.2, 0) is 4.74 Å². The summed E-state index contributed by atoms with van der Waals surface area (Å²) in [6.07, 6.45) is 2.86. The zero-order valence-electron chi connectivity index (χ0n) is 9.98. The van der Waals surface area contributed by atoms with E-state index in [0.29, 0.717) is 5.92 Å². The van der Waals surface area contributed by atoms with Crippen LogP contribution in [0.1, 0.15) is 41.0 Å². The van der Waals surface area contributed by atoms with Crippen molar-refractivity contribution in [1.29, 1.82) is 0 Å². The lowest BCUT2D eigenvalue weighted by Gasteiger charge is -2.46. The lowest BCUT2D eigenvalue weighted by atomic mass is 9.68. The molecule has 0 fully saturated rings. The minimum Gasteiger partial charge on any atom is -0.377 e. The van der Waals surface area contributed by atoms with E-state index in [4.69, 9.17) is 4.74 Å². The van der Waals surface area contributed by atoms with Gasteiger partial charge in [-0.2, -0.15) is 0 Å². The first-order chi connectivity index (χ1) is 5.81. The Labute approximate surface area is 83.2 Å². The fourth-order valence-electron chi connectivity index (χ4n) is 2.25. The van der Waals surface area contributed by atoms with Crippen LogP contribution in [-0.4, -0.2) is 12.7 Å². The maximum absolute atomic E-state index is 5.73. The molecule has 0 N–H and O–H groups in total. The molecule has 0 heterocycles. The predicted molar refractivity (Wildman–Crippen MR) is 58.8 cm³/mol. The topological polar surface area (TPSA) is 9.23 Å². The maximum atomic E-state index is 5.73. The first-order valence-corrected chi connectivity index (χ1v) is 4.98. The van der Waals surface area contributed by atoms with Crippen LogP contribution in [0.4, 0.5) is 0 Å². The van der Waals surface area contributed by atoms with Gasteiger partial charge in [-0.3, -0.25) is 0 Å². The Morgan fingerprint density at radius 3 is 1.85 bits per heavy atom. The largest absolute Gasteiger partial charge is 0.377 e. The van der Waals surface area contributed by atoms with Crippen molar-refractivity contribution in [3.05, 3.63) is 12.7 Å². The molecule has 0 bridgehead atoms. The molecule has 1 atom stereocenters. The highest BCUT2D eigenvalue weighted by Gasteiger charge is 2.43. The molecule has 0 aromatic heterocycles. The lowest BCUT2D eigenvalue weighted by molar-refractivity contribution is -0.122. The van der Waals surface area contributed by atoms with Gasteiger partial charge in [0.2, 0.25) is 0 Å². The average Bonchev–Trinajstić information content (AvgIpc) is 1.96. The Morgan fingerprint density at radius 1 is 1.31 bits per heavy atom. The first kappa shape index (κ1) is 12.7. The van der Waals surface area contributed by atoms with Crippen molar-refractivity contribution in [2.75, 3.05) is 7.11 Å². The molecule has 0 aliphatic heterocycles. The van der Waals surface area contributed by atoms with Gasteiger partial charge in [0.1, 0.15) is 0 Å². The van der Waals surface area contributed by atoms with Crippen molar-refractivity contribution in [2.45, 2.75) is 46.6 Å². The molecule has 0 aromatic rings. The lowest BCUT2D eigenvalue weighted by Crippen LogP contribution is -2.48. The van der Waals surface area contributed by atoms with Gasteiger partial charge in [0.25, 0.3) is 0 Å². The monoisotopic (exact) mass is 184 g/mol. The van der Waals surface area contributed by atoms with Crippen LogP contribution < -0.4 is 0 Å². The summed E-state index contributed by atoms with van der Waals surface area (Å²) >= 11 is 0. The fourth-order valence-corrected chi connectivity index (χ4v) is 2.25. The van der Waals surface area contributed by atoms with Crippen molar-refractivity contribution in [3.8, 4) is 0 Å². The minimum atomic E-state index is -0.0885. The smallest absolute Gasteiger partial charge is 0.0783 e. The van der Waals surface area contributed by atoms with Crippen LogP contribution in [0.25, 0.3) is 0 Å². The Morgan fingerprint density at radius 2 is 1.77 bits per heavy atom. The SMILES string of the molecule is C=CCC(OC)(C(C)C)C(C)(C)C. The number of ether oxygens (including phenoxy) is 1. The molecule has 78 valence electrons. The zero-order valence-corrected chi connectivity index (χ0v) is 9.98. The molecule has 0 saturated heterocycles. The van der Waals surface area contributed by atoms with E-state index in [0.717, 1.165) is 6.42 Å². The first-order valence-electron chi connectivity index (χ1n) is 4.98. The average molecular weight is 184 g/mol. The second kappa shape index (κ2) is 4.28. The van der Waals surface area contributed by atoms with E-state index in [9.17, 15) is 0 Å². The van der Waals surface area contributed by atoms with Crippen molar-refractivity contribution < 1.29 is 4.74 Å². The number of rotatable bonds is 4. The molecule has 13 heavy (non-hydrogen) atoms. The molecule has 1 heteroatoms. The van der Waals surface area contributed by atoms with Gasteiger partial charge < -0.3 is 4.74 Å². The highest BCUT2D eigenvalue weighted by molar-refractivity contribution is 4.98. The fraction of sp³-hybridized carbons (Fsp3) is 0.833. The summed E-state index contributed by atoms with van der Waals surface area (Å²) in [5.41, 5.74) is 0.0544. The molecule has 1 nitrogen and oxygen atoms in total. The van der Waals surface area contributed by atoms with E-state index in [1.54, 1.807) is 7.11 Å². The quantitative estimate of drug-likeness (QED) is 0.606. The molecule has 1 unspecified atom stereocenters. The van der Waals surface area contributed by atoms with Gasteiger partial charge in [-0.1, -0.05) is 40.7 Å². The Bertz CT molecular complexity index is 164. The predicted octanol–water partition coefficient (Wildman–Crippen LogP) is 3.65. The summed E-state index contributed by atoms with van der Waals surface area (Å²) in [5, 5.41) is 0. The highest BCUT2D eigenvalue weighted by atomic mass is 16.5. The summed E-state index contributed by atoms with van der Waals surface area (Å²) < 4.78 is 5.73. The molecule has 0 aliphatic rings. The van der Waals surface area contributed by atoms with E-state index < -0.39 is 0 Å². The van der Waals surface area contributed by atoms with Gasteiger partial charge in [-0.15, -0.1) is 6.58 Å². The van der Waals surface area contributed by atoms with E-state index in [1.807, 2.05) is 6.08 Å². The summed E-state index contributed by atoms with van der Waals surface area (Å²) in [4.78, 5) is 0. The van der Waals surface area contributed by atoms with Gasteiger partial charge >= 0.3 is 0 Å². The summed E-state index contributed by atoms with van der Waals surface area (Å²) in [6.45, 7) is 14.9. The van der Waals surface area contributed by atoms with Crippen molar-refractivity contribution in [3.63, 3.8) is 0 Å². The minimum absolute atomic E-state index is 0.0885. The Hall–Kier alpha value is -0.300. The van der Waals surface area contributed by atoms with E-state index in [2.05, 4.69) is 41.2 Å². The van der Waals surface area contributed by atoms with E-state index in [1.165, 1.54) is 0 Å². The molecule has 0 rings (SSSR count). The van der Waals surface area contributed by atoms with Gasteiger partial charge in [-0.05, 0) is 17.8 Å². The number of methoxy groups -OCH3 is 1. The maximum Gasteiger partial charge on any atom is 0.0783 e. The number of hydrogen-bond acceptors (Lipinski definition) is 1. The van der Waals surface area contributed by atoms with Crippen LogP contribution in [0.15, 0.2) is 12.7 Å². The van der Waals surface area contributed by atoms with Crippen LogP contribution in [0.2, 0.25) is 0 Å². The molecule has 0 amide bonds. The Kier molecular flexibility index (Phi) is 4.18. The van der Waals surface area contributed by atoms with Crippen LogP contribution in [0.3, 0.4) is 0 Å². The normalized spacial score (nSPS) is 17.2. The third-order valence-corrected chi connectivity index (χ3v) is 3.01. The van der Waals surface area contributed by atoms with Crippen molar-refractivity contribution >= 4 is 0 Å². The van der Waals surface area contributed by atoms with E-state index >= 15 is 0 Å². The second-order valence-electron chi connectivity index (χ2n) is 4.99. The standard InChI is InChI=1S/C12H24O/c1-8-9-12(13-7,10(2)3)11(4,5)6/h8,10H,1,9H2,2-7H3. The van der Waals surface area contributed by atoms with Crippen LogP contribution in [0.5, 0.6) is 0 Å². The highest BCUT2D eigenvalue weighted by Crippen LogP contribution is 2.42. The summed E-state index contributed by atoms with van der Waals surface area (Å²) in [5.74, 6) is 0.496. The Balaban J connectivity index is 4.97. The van der Waals surface area contributed by atoms with Crippen molar-refractivity contribution in [2.24, 2.45) is 11.3 Å². The number of hydrogen-bond donors (Lipinski definition) is 0. The molecule has 0 aliphatic carbocycles. The molecule has 0 aromatic carbocycles. The third kappa shape index (κ3) is 2.34. The van der Waals surface area contributed by atoms with Crippen LogP contribution >= 0.6 is 0 Å². The summed E-state index contributed by atoms with van der Waals surface area (Å²) in [7, 11) is 1.80. The zero-order chi connectivity index (χ0) is 10.7. The van der Waals surface area contributed by atoms with E-state index in [-0.39, 0.29) is 11.0 Å².